The van der Waals surface area contributed by atoms with E-state index in [4.69, 9.17) is 0 Å². The average Bonchev–Trinajstić information content (AvgIpc) is 2.35. The maximum atomic E-state index is 12.3. The number of hydrogen-bond acceptors (Lipinski definition) is 3. The lowest BCUT2D eigenvalue weighted by atomic mass is 9.94. The summed E-state index contributed by atoms with van der Waals surface area (Å²) in [5.74, 6) is 0. The Morgan fingerprint density at radius 3 is 2.47 bits per heavy atom. The number of sulfonamides is 1. The van der Waals surface area contributed by atoms with Crippen LogP contribution in [0.5, 0.6) is 0 Å². The predicted octanol–water partition coefficient (Wildman–Crippen LogP) is 2.34. The molecule has 1 saturated carbocycles. The van der Waals surface area contributed by atoms with Crippen LogP contribution in [-0.2, 0) is 10.0 Å². The lowest BCUT2D eigenvalue weighted by Crippen LogP contribution is -2.38. The molecule has 4 nitrogen and oxygen atoms in total. The Labute approximate surface area is 122 Å². The molecule has 1 aromatic carbocycles. The Morgan fingerprint density at radius 1 is 1.26 bits per heavy atom. The second-order valence-corrected chi connectivity index (χ2v) is 7.61. The van der Waals surface area contributed by atoms with Crippen molar-refractivity contribution in [3.05, 3.63) is 28.2 Å². The van der Waals surface area contributed by atoms with Gasteiger partial charge in [-0.05, 0) is 50.3 Å². The normalized spacial score (nSPS) is 24.4. The van der Waals surface area contributed by atoms with Crippen molar-refractivity contribution in [2.75, 3.05) is 0 Å². The van der Waals surface area contributed by atoms with Crippen LogP contribution < -0.4 is 4.72 Å². The fraction of sp³-hybridized carbons (Fsp3) is 0.538. The van der Waals surface area contributed by atoms with Crippen LogP contribution in [0.3, 0.4) is 0 Å². The fourth-order valence-corrected chi connectivity index (χ4v) is 4.08. The number of aliphatic hydroxyl groups is 1. The first-order chi connectivity index (χ1) is 8.88. The first-order valence-electron chi connectivity index (χ1n) is 6.35. The highest BCUT2D eigenvalue weighted by Crippen LogP contribution is 2.23. The molecule has 19 heavy (non-hydrogen) atoms. The van der Waals surface area contributed by atoms with Crippen molar-refractivity contribution >= 4 is 26.0 Å². The highest BCUT2D eigenvalue weighted by Gasteiger charge is 2.24. The van der Waals surface area contributed by atoms with E-state index >= 15 is 0 Å². The molecule has 0 saturated heterocycles. The molecular weight excluding hydrogens is 330 g/mol. The van der Waals surface area contributed by atoms with Crippen LogP contribution in [-0.4, -0.2) is 25.7 Å². The van der Waals surface area contributed by atoms with Crippen molar-refractivity contribution in [3.63, 3.8) is 0 Å². The van der Waals surface area contributed by atoms with Gasteiger partial charge in [0.2, 0.25) is 10.0 Å². The van der Waals surface area contributed by atoms with E-state index in [9.17, 15) is 13.5 Å². The lowest BCUT2D eigenvalue weighted by Gasteiger charge is -2.26. The Balaban J connectivity index is 2.11. The summed E-state index contributed by atoms with van der Waals surface area (Å²) in [6, 6.07) is 4.94. The van der Waals surface area contributed by atoms with Gasteiger partial charge in [0.25, 0.3) is 0 Å². The zero-order valence-electron chi connectivity index (χ0n) is 10.8. The van der Waals surface area contributed by atoms with E-state index in [1.165, 1.54) is 0 Å². The van der Waals surface area contributed by atoms with E-state index in [0.29, 0.717) is 25.7 Å². The van der Waals surface area contributed by atoms with Gasteiger partial charge in [0.05, 0.1) is 11.0 Å². The topological polar surface area (TPSA) is 66.4 Å². The van der Waals surface area contributed by atoms with E-state index in [0.717, 1.165) is 10.0 Å². The number of benzene rings is 1. The van der Waals surface area contributed by atoms with Gasteiger partial charge in [0, 0.05) is 10.5 Å². The third kappa shape index (κ3) is 3.78. The molecule has 0 heterocycles. The SMILES string of the molecule is Cc1ccc(S(=O)(=O)NC2CCC(O)CC2)cc1Br. The lowest BCUT2D eigenvalue weighted by molar-refractivity contribution is 0.120. The summed E-state index contributed by atoms with van der Waals surface area (Å²) in [7, 11) is -3.48. The second-order valence-electron chi connectivity index (χ2n) is 5.04. The first-order valence-corrected chi connectivity index (χ1v) is 8.62. The number of aryl methyl sites for hydroxylation is 1. The van der Waals surface area contributed by atoms with Crippen molar-refractivity contribution in [1.82, 2.24) is 4.72 Å². The summed E-state index contributed by atoms with van der Waals surface area (Å²) in [6.07, 6.45) is 2.41. The minimum Gasteiger partial charge on any atom is -0.393 e. The largest absolute Gasteiger partial charge is 0.393 e. The summed E-state index contributed by atoms with van der Waals surface area (Å²) in [6.45, 7) is 1.91. The summed E-state index contributed by atoms with van der Waals surface area (Å²) in [4.78, 5) is 0.274. The molecule has 2 N–H and O–H groups in total. The molecule has 2 rings (SSSR count). The number of rotatable bonds is 3. The van der Waals surface area contributed by atoms with E-state index in [1.807, 2.05) is 6.92 Å². The monoisotopic (exact) mass is 347 g/mol. The molecule has 0 radical (unpaired) electrons. The van der Waals surface area contributed by atoms with Crippen molar-refractivity contribution in [2.45, 2.75) is 49.6 Å². The van der Waals surface area contributed by atoms with Gasteiger partial charge in [-0.15, -0.1) is 0 Å². The molecule has 0 amide bonds. The van der Waals surface area contributed by atoms with Crippen LogP contribution >= 0.6 is 15.9 Å². The third-order valence-electron chi connectivity index (χ3n) is 3.47. The summed E-state index contributed by atoms with van der Waals surface area (Å²) < 4.78 is 28.0. The molecule has 1 aliphatic rings. The van der Waals surface area contributed by atoms with Crippen molar-refractivity contribution in [1.29, 1.82) is 0 Å². The van der Waals surface area contributed by atoms with Crippen LogP contribution in [0.2, 0.25) is 0 Å². The smallest absolute Gasteiger partial charge is 0.240 e. The molecular formula is C13H18BrNO3S. The highest BCUT2D eigenvalue weighted by molar-refractivity contribution is 9.10. The first kappa shape index (κ1) is 15.0. The van der Waals surface area contributed by atoms with Gasteiger partial charge in [-0.2, -0.15) is 0 Å². The Morgan fingerprint density at radius 2 is 1.89 bits per heavy atom. The van der Waals surface area contributed by atoms with Crippen LogP contribution in [0, 0.1) is 6.92 Å². The van der Waals surface area contributed by atoms with Crippen molar-refractivity contribution in [3.8, 4) is 0 Å². The minimum atomic E-state index is -3.48. The molecule has 0 aromatic heterocycles. The highest BCUT2D eigenvalue weighted by atomic mass is 79.9. The van der Waals surface area contributed by atoms with Crippen molar-refractivity contribution in [2.24, 2.45) is 0 Å². The molecule has 0 unspecified atom stereocenters. The van der Waals surface area contributed by atoms with Crippen LogP contribution in [0.15, 0.2) is 27.6 Å². The zero-order chi connectivity index (χ0) is 14.0. The average molecular weight is 348 g/mol. The number of hydrogen-bond donors (Lipinski definition) is 2. The molecule has 0 bridgehead atoms. The van der Waals surface area contributed by atoms with E-state index in [1.54, 1.807) is 18.2 Å². The molecule has 0 spiro atoms. The number of halogens is 1. The second kappa shape index (κ2) is 5.91. The maximum absolute atomic E-state index is 12.3. The molecule has 1 aromatic rings. The standard InChI is InChI=1S/C13H18BrNO3S/c1-9-2-7-12(8-13(9)14)19(17,18)15-10-3-5-11(16)6-4-10/h2,7-8,10-11,15-16H,3-6H2,1H3. The molecule has 1 fully saturated rings. The molecule has 106 valence electrons. The van der Waals surface area contributed by atoms with Crippen LogP contribution in [0.25, 0.3) is 0 Å². The van der Waals surface area contributed by atoms with Gasteiger partial charge < -0.3 is 5.11 Å². The predicted molar refractivity (Wildman–Crippen MR) is 77.5 cm³/mol. The van der Waals surface area contributed by atoms with Crippen LogP contribution in [0.4, 0.5) is 0 Å². The van der Waals surface area contributed by atoms with E-state index in [2.05, 4.69) is 20.7 Å². The van der Waals surface area contributed by atoms with Gasteiger partial charge in [-0.25, -0.2) is 13.1 Å². The summed E-state index contributed by atoms with van der Waals surface area (Å²) >= 11 is 3.35. The van der Waals surface area contributed by atoms with Gasteiger partial charge in [0.15, 0.2) is 0 Å². The molecule has 0 aliphatic heterocycles. The summed E-state index contributed by atoms with van der Waals surface area (Å²) in [5.41, 5.74) is 1.000. The molecule has 6 heteroatoms. The van der Waals surface area contributed by atoms with Crippen molar-refractivity contribution < 1.29 is 13.5 Å². The maximum Gasteiger partial charge on any atom is 0.240 e. The Kier molecular flexibility index (Phi) is 4.66. The Bertz CT molecular complexity index is 551. The minimum absolute atomic E-state index is 0.0755. The third-order valence-corrected chi connectivity index (χ3v) is 5.84. The fourth-order valence-electron chi connectivity index (χ4n) is 2.22. The number of nitrogens with one attached hydrogen (secondary N) is 1. The Hall–Kier alpha value is -0.430. The van der Waals surface area contributed by atoms with Gasteiger partial charge in [0.1, 0.15) is 0 Å². The molecule has 1 aliphatic carbocycles. The van der Waals surface area contributed by atoms with Gasteiger partial charge in [-0.1, -0.05) is 22.0 Å². The van der Waals surface area contributed by atoms with Crippen LogP contribution in [0.1, 0.15) is 31.2 Å². The number of aliphatic hydroxyl groups excluding tert-OH is 1. The van der Waals surface area contributed by atoms with E-state index < -0.39 is 10.0 Å². The molecule has 0 atom stereocenters. The quantitative estimate of drug-likeness (QED) is 0.881. The van der Waals surface area contributed by atoms with E-state index in [-0.39, 0.29) is 17.0 Å². The van der Waals surface area contributed by atoms with Gasteiger partial charge in [-0.3, -0.25) is 0 Å². The van der Waals surface area contributed by atoms with Gasteiger partial charge >= 0.3 is 0 Å². The zero-order valence-corrected chi connectivity index (χ0v) is 13.2. The summed E-state index contributed by atoms with van der Waals surface area (Å²) in [5, 5.41) is 9.43.